The van der Waals surface area contributed by atoms with Gasteiger partial charge in [0.2, 0.25) is 5.60 Å². The first-order valence-corrected chi connectivity index (χ1v) is 16.9. The maximum Gasteiger partial charge on any atom is 0.356 e. The number of aryl methyl sites for hydroxylation is 1. The number of aromatic carboxylic acids is 1. The van der Waals surface area contributed by atoms with E-state index in [0.717, 1.165) is 12.2 Å². The zero-order chi connectivity index (χ0) is 40.0. The summed E-state index contributed by atoms with van der Waals surface area (Å²) in [5, 5.41) is 32.2. The summed E-state index contributed by atoms with van der Waals surface area (Å²) < 4.78 is 27.6. The van der Waals surface area contributed by atoms with Crippen molar-refractivity contribution in [3.8, 4) is 28.7 Å². The first-order valence-electron chi connectivity index (χ1n) is 16.1. The topological polar surface area (TPSA) is 192 Å². The van der Waals surface area contributed by atoms with E-state index in [1.165, 1.54) is 41.1 Å². The Hall–Kier alpha value is -5.47. The second-order valence-electron chi connectivity index (χ2n) is 12.7. The van der Waals surface area contributed by atoms with E-state index in [2.05, 4.69) is 15.9 Å². The van der Waals surface area contributed by atoms with Crippen LogP contribution in [0, 0.1) is 55.4 Å². The number of carboxylic acids is 1. The average molecular weight is 796 g/mol. The van der Waals surface area contributed by atoms with Gasteiger partial charge in [-0.05, 0) is 135 Å². The van der Waals surface area contributed by atoms with Crippen LogP contribution in [0.1, 0.15) is 82.5 Å². The summed E-state index contributed by atoms with van der Waals surface area (Å²) in [5.74, 6) is -5.60. The third-order valence-electron chi connectivity index (χ3n) is 9.65. The Morgan fingerprint density at radius 3 is 1.72 bits per heavy atom. The van der Waals surface area contributed by atoms with Gasteiger partial charge in [0.1, 0.15) is 27.3 Å². The summed E-state index contributed by atoms with van der Waals surface area (Å²) in [5.41, 5.74) is 0.433. The van der Waals surface area contributed by atoms with Gasteiger partial charge in [0.05, 0.1) is 25.3 Å². The number of esters is 3. The van der Waals surface area contributed by atoms with Crippen LogP contribution in [0.2, 0.25) is 0 Å². The van der Waals surface area contributed by atoms with Crippen molar-refractivity contribution in [3.63, 3.8) is 0 Å². The number of ketones is 1. The van der Waals surface area contributed by atoms with Crippen molar-refractivity contribution < 1.29 is 63.0 Å². The zero-order valence-electron chi connectivity index (χ0n) is 31.0. The summed E-state index contributed by atoms with van der Waals surface area (Å²) in [4.78, 5) is 64.6. The summed E-state index contributed by atoms with van der Waals surface area (Å²) in [7, 11) is 2.50. The minimum Gasteiger partial charge on any atom is -0.506 e. The molecule has 0 aliphatic heterocycles. The number of phenolic OH excluding ortho intramolecular Hbond substituents is 1. The van der Waals surface area contributed by atoms with Crippen LogP contribution in [0.15, 0.2) is 34.0 Å². The van der Waals surface area contributed by atoms with Crippen molar-refractivity contribution >= 4 is 45.6 Å². The van der Waals surface area contributed by atoms with E-state index >= 15 is 0 Å². The molecule has 1 atom stereocenters. The molecule has 0 bridgehead atoms. The number of benzene rings is 3. The molecule has 0 aromatic heterocycles. The normalized spacial score (nSPS) is 15.3. The molecule has 13 nitrogen and oxygen atoms in total. The Kier molecular flexibility index (Phi) is 11.3. The molecule has 4 rings (SSSR count). The molecule has 1 unspecified atom stereocenters. The molecule has 0 fully saturated rings. The van der Waals surface area contributed by atoms with Crippen LogP contribution in [-0.4, -0.2) is 64.8 Å². The number of rotatable bonds is 9. The Bertz CT molecular complexity index is 2150. The van der Waals surface area contributed by atoms with Crippen LogP contribution < -0.4 is 18.9 Å². The summed E-state index contributed by atoms with van der Waals surface area (Å²) in [6.07, 6.45) is 2.02. The molecule has 0 spiro atoms. The number of halogens is 1. The second-order valence-corrected chi connectivity index (χ2v) is 13.5. The monoisotopic (exact) mass is 794 g/mol. The van der Waals surface area contributed by atoms with Gasteiger partial charge < -0.3 is 39.0 Å². The molecule has 0 radical (unpaired) electrons. The number of hydrogen-bond acceptors (Lipinski definition) is 12. The smallest absolute Gasteiger partial charge is 0.356 e. The van der Waals surface area contributed by atoms with Crippen LogP contribution in [0.5, 0.6) is 28.7 Å². The number of aliphatic hydroxyl groups is 1. The lowest BCUT2D eigenvalue weighted by atomic mass is 9.87. The van der Waals surface area contributed by atoms with Crippen LogP contribution in [0.3, 0.4) is 0 Å². The molecule has 3 aromatic rings. The standard InChI is InChI=1S/C39H39BrO13/c1-15-12-25(33(50-11)23(9)27(15)36(45)52-32-20(6)17(3)28(35(43)44)18(4)21(32)7)51-37(46)29-19(5)22(8)34(30(40)31(29)42)53-38(47)39(48)16(2)13-24(41)14-26(39)49-10/h12-14,42,48H,1-11H3,(H,43,44). The lowest BCUT2D eigenvalue weighted by molar-refractivity contribution is -0.151. The lowest BCUT2D eigenvalue weighted by Crippen LogP contribution is -2.47. The fourth-order valence-electron chi connectivity index (χ4n) is 6.33. The van der Waals surface area contributed by atoms with Gasteiger partial charge in [0.15, 0.2) is 23.0 Å². The van der Waals surface area contributed by atoms with Gasteiger partial charge in [-0.1, -0.05) is 0 Å². The van der Waals surface area contributed by atoms with Gasteiger partial charge in [0, 0.05) is 11.6 Å². The largest absolute Gasteiger partial charge is 0.506 e. The van der Waals surface area contributed by atoms with Crippen LogP contribution in [-0.2, 0) is 14.3 Å². The molecular formula is C39H39BrO13. The van der Waals surface area contributed by atoms with Crippen molar-refractivity contribution in [2.75, 3.05) is 14.2 Å². The SMILES string of the molecule is COC1=CC(=O)C=C(C)C1(O)C(=O)Oc1c(C)c(C)c(C(=O)Oc2cc(C)c(C(=O)Oc3c(C)c(C)c(C(=O)O)c(C)c3C)c(C)c2OC)c(O)c1Br. The minimum atomic E-state index is -2.44. The average Bonchev–Trinajstić information content (AvgIpc) is 3.08. The third-order valence-corrected chi connectivity index (χ3v) is 10.4. The highest BCUT2D eigenvalue weighted by molar-refractivity contribution is 9.10. The van der Waals surface area contributed by atoms with Crippen LogP contribution in [0.4, 0.5) is 0 Å². The number of hydrogen-bond donors (Lipinski definition) is 3. The van der Waals surface area contributed by atoms with E-state index in [9.17, 15) is 39.3 Å². The Morgan fingerprint density at radius 2 is 1.19 bits per heavy atom. The van der Waals surface area contributed by atoms with Crippen molar-refractivity contribution in [2.24, 2.45) is 0 Å². The van der Waals surface area contributed by atoms with Gasteiger partial charge in [-0.25, -0.2) is 19.2 Å². The summed E-state index contributed by atoms with van der Waals surface area (Å²) in [6, 6.07) is 1.40. The maximum atomic E-state index is 13.7. The molecule has 1 aliphatic rings. The Morgan fingerprint density at radius 1 is 0.660 bits per heavy atom. The third kappa shape index (κ3) is 6.79. The number of phenols is 1. The fourth-order valence-corrected chi connectivity index (χ4v) is 6.91. The van der Waals surface area contributed by atoms with Gasteiger partial charge >= 0.3 is 23.9 Å². The minimum absolute atomic E-state index is 0.0287. The van der Waals surface area contributed by atoms with E-state index < -0.39 is 41.0 Å². The number of ether oxygens (including phenoxy) is 5. The highest BCUT2D eigenvalue weighted by Gasteiger charge is 2.48. The first-order chi connectivity index (χ1) is 24.6. The molecule has 1 aliphatic carbocycles. The number of allylic oxidation sites excluding steroid dienone is 2. The number of carboxylic acid groups (broad SMARTS) is 1. The molecule has 0 saturated heterocycles. The quantitative estimate of drug-likeness (QED) is 0.158. The first kappa shape index (κ1) is 40.3. The molecule has 3 N–H and O–H groups in total. The molecule has 280 valence electrons. The van der Waals surface area contributed by atoms with Crippen LogP contribution in [0.25, 0.3) is 0 Å². The molecule has 14 heteroatoms. The van der Waals surface area contributed by atoms with E-state index in [0.29, 0.717) is 27.8 Å². The summed E-state index contributed by atoms with van der Waals surface area (Å²) >= 11 is 3.19. The second kappa shape index (κ2) is 14.9. The molecular weight excluding hydrogens is 756 g/mol. The highest BCUT2D eigenvalue weighted by atomic mass is 79.9. The predicted octanol–water partition coefficient (Wildman–Crippen LogP) is 6.46. The maximum absolute atomic E-state index is 13.7. The van der Waals surface area contributed by atoms with Gasteiger partial charge in [-0.3, -0.25) is 4.79 Å². The predicted molar refractivity (Wildman–Crippen MR) is 194 cm³/mol. The lowest BCUT2D eigenvalue weighted by Gasteiger charge is -2.30. The van der Waals surface area contributed by atoms with E-state index in [-0.39, 0.29) is 72.2 Å². The molecule has 53 heavy (non-hydrogen) atoms. The van der Waals surface area contributed by atoms with Gasteiger partial charge in [-0.2, -0.15) is 0 Å². The van der Waals surface area contributed by atoms with Crippen molar-refractivity contribution in [3.05, 3.63) is 95.2 Å². The number of aromatic hydroxyl groups is 1. The van der Waals surface area contributed by atoms with Crippen molar-refractivity contribution in [1.82, 2.24) is 0 Å². The fraction of sp³-hybridized carbons (Fsp3) is 0.308. The number of methoxy groups -OCH3 is 2. The Balaban J connectivity index is 1.69. The highest BCUT2D eigenvalue weighted by Crippen LogP contribution is 2.45. The summed E-state index contributed by atoms with van der Waals surface area (Å²) in [6.45, 7) is 14.2. The molecule has 0 saturated carbocycles. The number of carbonyl (C=O) groups excluding carboxylic acids is 4. The molecule has 0 amide bonds. The molecule has 3 aromatic carbocycles. The van der Waals surface area contributed by atoms with Crippen LogP contribution >= 0.6 is 15.9 Å². The van der Waals surface area contributed by atoms with Crippen molar-refractivity contribution in [1.29, 1.82) is 0 Å². The van der Waals surface area contributed by atoms with Gasteiger partial charge in [-0.15, -0.1) is 0 Å². The van der Waals surface area contributed by atoms with Crippen molar-refractivity contribution in [2.45, 2.75) is 67.9 Å². The Labute approximate surface area is 313 Å². The van der Waals surface area contributed by atoms with E-state index in [1.807, 2.05) is 0 Å². The zero-order valence-corrected chi connectivity index (χ0v) is 32.6. The van der Waals surface area contributed by atoms with Gasteiger partial charge in [0.25, 0.3) is 0 Å². The number of carbonyl (C=O) groups is 5. The van der Waals surface area contributed by atoms with E-state index in [1.54, 1.807) is 41.5 Å². The van der Waals surface area contributed by atoms with E-state index in [4.69, 9.17) is 23.7 Å². The molecule has 0 heterocycles.